The number of fused-ring (bicyclic) bond motifs is 1. The lowest BCUT2D eigenvalue weighted by Crippen LogP contribution is -2.22. The first kappa shape index (κ1) is 13.3. The predicted octanol–water partition coefficient (Wildman–Crippen LogP) is 3.12. The molecular weight excluding hydrogens is 269 g/mol. The molecule has 3 aromatic rings. The molecule has 0 atom stereocenters. The fourth-order valence-electron chi connectivity index (χ4n) is 2.28. The second-order valence-electron chi connectivity index (χ2n) is 4.67. The van der Waals surface area contributed by atoms with Gasteiger partial charge in [-0.05, 0) is 37.3 Å². The van der Waals surface area contributed by atoms with Crippen LogP contribution in [0, 0.1) is 5.82 Å². The van der Waals surface area contributed by atoms with Gasteiger partial charge in [0.25, 0.3) is 5.91 Å². The maximum absolute atomic E-state index is 13.9. The molecule has 0 radical (unpaired) electrons. The van der Waals surface area contributed by atoms with E-state index < -0.39 is 0 Å². The van der Waals surface area contributed by atoms with Crippen molar-refractivity contribution in [3.63, 3.8) is 0 Å². The summed E-state index contributed by atoms with van der Waals surface area (Å²) in [5, 5.41) is 10.5. The van der Waals surface area contributed by atoms with Crippen molar-refractivity contribution in [2.45, 2.75) is 6.92 Å². The number of H-pyrrole nitrogens is 1. The van der Waals surface area contributed by atoms with Gasteiger partial charge in [-0.3, -0.25) is 9.89 Å². The second kappa shape index (κ2) is 5.36. The normalized spacial score (nSPS) is 10.8. The molecule has 1 heterocycles. The van der Waals surface area contributed by atoms with Gasteiger partial charge < -0.3 is 5.32 Å². The Morgan fingerprint density at radius 1 is 1.29 bits per heavy atom. The Labute approximate surface area is 121 Å². The number of hydrogen-bond acceptors (Lipinski definition) is 2. The van der Waals surface area contributed by atoms with Gasteiger partial charge in [0.1, 0.15) is 11.5 Å². The summed E-state index contributed by atoms with van der Waals surface area (Å²) in [6, 6.07) is 11.7. The molecular formula is C16H14FN3O. The minimum Gasteiger partial charge on any atom is -0.352 e. The zero-order chi connectivity index (χ0) is 14.8. The molecule has 21 heavy (non-hydrogen) atoms. The van der Waals surface area contributed by atoms with E-state index in [9.17, 15) is 9.18 Å². The Kier molecular flexibility index (Phi) is 3.39. The molecule has 0 unspecified atom stereocenters. The summed E-state index contributed by atoms with van der Waals surface area (Å²) in [5.74, 6) is -0.491. The van der Waals surface area contributed by atoms with Gasteiger partial charge in [-0.2, -0.15) is 5.10 Å². The minimum absolute atomic E-state index is 0.153. The third-order valence-electron chi connectivity index (χ3n) is 3.29. The maximum Gasteiger partial charge on any atom is 0.251 e. The van der Waals surface area contributed by atoms with Crippen molar-refractivity contribution in [2.75, 3.05) is 6.54 Å². The summed E-state index contributed by atoms with van der Waals surface area (Å²) < 4.78 is 13.9. The number of carbonyl (C=O) groups excluding carboxylic acids is 1. The molecule has 0 aliphatic carbocycles. The van der Waals surface area contributed by atoms with Crippen molar-refractivity contribution in [3.8, 4) is 11.3 Å². The average Bonchev–Trinajstić information content (AvgIpc) is 2.91. The average molecular weight is 283 g/mol. The van der Waals surface area contributed by atoms with Crippen molar-refractivity contribution < 1.29 is 9.18 Å². The second-order valence-corrected chi connectivity index (χ2v) is 4.67. The highest BCUT2D eigenvalue weighted by Gasteiger charge is 2.14. The van der Waals surface area contributed by atoms with E-state index in [1.54, 1.807) is 36.4 Å². The van der Waals surface area contributed by atoms with E-state index in [0.717, 1.165) is 10.9 Å². The molecule has 1 amide bonds. The Bertz CT molecular complexity index is 810. The molecule has 0 aliphatic heterocycles. The summed E-state index contributed by atoms with van der Waals surface area (Å²) in [5.41, 5.74) is 2.22. The number of benzene rings is 2. The zero-order valence-corrected chi connectivity index (χ0v) is 11.5. The third-order valence-corrected chi connectivity index (χ3v) is 3.29. The number of aromatic nitrogens is 2. The van der Waals surface area contributed by atoms with Gasteiger partial charge in [0.2, 0.25) is 0 Å². The Morgan fingerprint density at radius 3 is 2.86 bits per heavy atom. The minimum atomic E-state index is -0.339. The molecule has 0 saturated heterocycles. The fraction of sp³-hybridized carbons (Fsp3) is 0.125. The molecule has 106 valence electrons. The molecule has 3 rings (SSSR count). The Morgan fingerprint density at radius 2 is 2.10 bits per heavy atom. The van der Waals surface area contributed by atoms with E-state index in [1.165, 1.54) is 6.07 Å². The molecule has 0 spiro atoms. The first-order valence-corrected chi connectivity index (χ1v) is 6.72. The first-order valence-electron chi connectivity index (χ1n) is 6.72. The van der Waals surface area contributed by atoms with Gasteiger partial charge in [0.05, 0.1) is 5.52 Å². The molecule has 1 aromatic heterocycles. The number of carbonyl (C=O) groups is 1. The van der Waals surface area contributed by atoms with Crippen LogP contribution in [0.5, 0.6) is 0 Å². The van der Waals surface area contributed by atoms with Crippen LogP contribution in [0.2, 0.25) is 0 Å². The van der Waals surface area contributed by atoms with Crippen LogP contribution in [0.1, 0.15) is 17.3 Å². The Balaban J connectivity index is 2.14. The number of amides is 1. The highest BCUT2D eigenvalue weighted by atomic mass is 19.1. The molecule has 0 aliphatic rings. The van der Waals surface area contributed by atoms with E-state index in [2.05, 4.69) is 15.5 Å². The summed E-state index contributed by atoms with van der Waals surface area (Å²) in [6.45, 7) is 2.42. The van der Waals surface area contributed by atoms with E-state index in [-0.39, 0.29) is 11.7 Å². The number of rotatable bonds is 3. The Hall–Kier alpha value is -2.69. The van der Waals surface area contributed by atoms with Gasteiger partial charge in [0, 0.05) is 23.1 Å². The van der Waals surface area contributed by atoms with Crippen LogP contribution in [-0.2, 0) is 0 Å². The van der Waals surface area contributed by atoms with Crippen molar-refractivity contribution >= 4 is 16.8 Å². The smallest absolute Gasteiger partial charge is 0.251 e. The summed E-state index contributed by atoms with van der Waals surface area (Å²) >= 11 is 0. The van der Waals surface area contributed by atoms with E-state index in [1.807, 2.05) is 6.92 Å². The van der Waals surface area contributed by atoms with Gasteiger partial charge in [0.15, 0.2) is 0 Å². The molecule has 0 fully saturated rings. The number of nitrogens with zero attached hydrogens (tertiary/aromatic N) is 1. The standard InChI is InChI=1S/C16H14FN3O/c1-2-18-16(21)10-7-8-14-12(9-10)15(20-19-14)11-5-3-4-6-13(11)17/h3-9H,2H2,1H3,(H,18,21)(H,19,20). The van der Waals surface area contributed by atoms with Crippen LogP contribution in [0.3, 0.4) is 0 Å². The van der Waals surface area contributed by atoms with Gasteiger partial charge in [-0.15, -0.1) is 0 Å². The predicted molar refractivity (Wildman–Crippen MR) is 79.5 cm³/mol. The first-order chi connectivity index (χ1) is 10.2. The fourth-order valence-corrected chi connectivity index (χ4v) is 2.28. The monoisotopic (exact) mass is 283 g/mol. The van der Waals surface area contributed by atoms with Crippen LogP contribution in [0.4, 0.5) is 4.39 Å². The van der Waals surface area contributed by atoms with Crippen molar-refractivity contribution in [2.24, 2.45) is 0 Å². The topological polar surface area (TPSA) is 57.8 Å². The maximum atomic E-state index is 13.9. The van der Waals surface area contributed by atoms with Crippen LogP contribution in [0.15, 0.2) is 42.5 Å². The van der Waals surface area contributed by atoms with E-state index in [4.69, 9.17) is 0 Å². The number of halogens is 1. The molecule has 2 aromatic carbocycles. The molecule has 0 saturated carbocycles. The van der Waals surface area contributed by atoms with Crippen LogP contribution in [0.25, 0.3) is 22.2 Å². The van der Waals surface area contributed by atoms with Gasteiger partial charge in [-0.1, -0.05) is 12.1 Å². The third kappa shape index (κ3) is 2.38. The lowest BCUT2D eigenvalue weighted by Gasteiger charge is -2.03. The van der Waals surface area contributed by atoms with E-state index >= 15 is 0 Å². The zero-order valence-electron chi connectivity index (χ0n) is 11.5. The van der Waals surface area contributed by atoms with Crippen LogP contribution < -0.4 is 5.32 Å². The molecule has 0 bridgehead atoms. The van der Waals surface area contributed by atoms with Crippen LogP contribution in [-0.4, -0.2) is 22.6 Å². The summed E-state index contributed by atoms with van der Waals surface area (Å²) in [7, 11) is 0. The lowest BCUT2D eigenvalue weighted by atomic mass is 10.0. The van der Waals surface area contributed by atoms with Crippen molar-refractivity contribution in [1.82, 2.24) is 15.5 Å². The van der Waals surface area contributed by atoms with Gasteiger partial charge >= 0.3 is 0 Å². The summed E-state index contributed by atoms with van der Waals surface area (Å²) in [6.07, 6.45) is 0. The van der Waals surface area contributed by atoms with Crippen molar-refractivity contribution in [3.05, 3.63) is 53.8 Å². The highest BCUT2D eigenvalue weighted by Crippen LogP contribution is 2.28. The van der Waals surface area contributed by atoms with E-state index in [0.29, 0.717) is 23.4 Å². The molecule has 2 N–H and O–H groups in total. The van der Waals surface area contributed by atoms with Gasteiger partial charge in [-0.25, -0.2) is 4.39 Å². The van der Waals surface area contributed by atoms with Crippen LogP contribution >= 0.6 is 0 Å². The largest absolute Gasteiger partial charge is 0.352 e. The number of nitrogens with one attached hydrogen (secondary N) is 2. The highest BCUT2D eigenvalue weighted by molar-refractivity contribution is 6.01. The quantitative estimate of drug-likeness (QED) is 0.776. The lowest BCUT2D eigenvalue weighted by molar-refractivity contribution is 0.0956. The summed E-state index contributed by atoms with van der Waals surface area (Å²) in [4.78, 5) is 11.9. The van der Waals surface area contributed by atoms with Crippen molar-refractivity contribution in [1.29, 1.82) is 0 Å². The number of hydrogen-bond donors (Lipinski definition) is 2. The molecule has 4 nitrogen and oxygen atoms in total. The number of aromatic amines is 1. The SMILES string of the molecule is CCNC(=O)c1ccc2[nH]nc(-c3ccccc3F)c2c1. The molecule has 5 heteroatoms.